The molecular weight excluding hydrogens is 289 g/mol. The van der Waals surface area contributed by atoms with Gasteiger partial charge in [0.2, 0.25) is 5.91 Å². The topological polar surface area (TPSA) is 71.3 Å². The van der Waals surface area contributed by atoms with Gasteiger partial charge in [-0.3, -0.25) is 4.79 Å². The van der Waals surface area contributed by atoms with Crippen LogP contribution in [0.1, 0.15) is 48.7 Å². The van der Waals surface area contributed by atoms with Crippen molar-refractivity contribution < 1.29 is 27.9 Å². The van der Waals surface area contributed by atoms with Crippen molar-refractivity contribution in [2.75, 3.05) is 6.54 Å². The Kier molecular flexibility index (Phi) is 5.40. The van der Waals surface area contributed by atoms with Crippen LogP contribution in [0.3, 0.4) is 0 Å². The first-order valence-electron chi connectivity index (χ1n) is 6.48. The number of aromatic nitrogens is 1. The molecule has 5 nitrogen and oxygen atoms in total. The summed E-state index contributed by atoms with van der Waals surface area (Å²) in [6.45, 7) is 3.78. The number of carbonyl (C=O) groups is 2. The molecule has 0 spiro atoms. The van der Waals surface area contributed by atoms with Gasteiger partial charge in [-0.1, -0.05) is 13.3 Å². The zero-order valence-electron chi connectivity index (χ0n) is 11.7. The van der Waals surface area contributed by atoms with E-state index in [0.29, 0.717) is 12.7 Å². The summed E-state index contributed by atoms with van der Waals surface area (Å²) in [4.78, 5) is 22.7. The van der Waals surface area contributed by atoms with E-state index in [0.717, 1.165) is 23.6 Å². The third kappa shape index (κ3) is 4.24. The van der Waals surface area contributed by atoms with Crippen molar-refractivity contribution in [3.8, 4) is 0 Å². The highest BCUT2D eigenvalue weighted by atomic mass is 19.4. The minimum absolute atomic E-state index is 0.429. The predicted molar refractivity (Wildman–Crippen MR) is 69.0 cm³/mol. The maximum absolute atomic E-state index is 12.8. The van der Waals surface area contributed by atoms with Crippen LogP contribution in [0.15, 0.2) is 12.4 Å². The van der Waals surface area contributed by atoms with Crippen LogP contribution in [0, 0.1) is 0 Å². The first-order valence-corrected chi connectivity index (χ1v) is 6.48. The normalized spacial score (nSPS) is 13.0. The Morgan fingerprint density at radius 1 is 1.38 bits per heavy atom. The molecular formula is C13H17F3N2O3. The number of carboxylic acids is 1. The van der Waals surface area contributed by atoms with Crippen LogP contribution >= 0.6 is 0 Å². The van der Waals surface area contributed by atoms with Crippen molar-refractivity contribution in [1.82, 2.24) is 9.88 Å². The second-order valence-corrected chi connectivity index (χ2v) is 4.66. The highest BCUT2D eigenvalue weighted by Crippen LogP contribution is 2.33. The zero-order valence-corrected chi connectivity index (χ0v) is 11.7. The van der Waals surface area contributed by atoms with E-state index < -0.39 is 35.2 Å². The molecule has 1 unspecified atom stereocenters. The van der Waals surface area contributed by atoms with E-state index in [1.807, 2.05) is 6.92 Å². The molecule has 1 atom stereocenters. The van der Waals surface area contributed by atoms with E-state index in [2.05, 4.69) is 5.32 Å². The number of unbranched alkanes of at least 4 members (excludes halogenated alkanes) is 1. The first kappa shape index (κ1) is 17.1. The summed E-state index contributed by atoms with van der Waals surface area (Å²) < 4.78 is 39.2. The number of nitrogens with one attached hydrogen (secondary N) is 1. The molecule has 0 saturated carbocycles. The van der Waals surface area contributed by atoms with Crippen LogP contribution in [0.2, 0.25) is 0 Å². The van der Waals surface area contributed by atoms with E-state index in [4.69, 9.17) is 5.11 Å². The lowest BCUT2D eigenvalue weighted by Crippen LogP contribution is -2.31. The van der Waals surface area contributed by atoms with Gasteiger partial charge >= 0.3 is 12.1 Å². The van der Waals surface area contributed by atoms with E-state index in [9.17, 15) is 22.8 Å². The quantitative estimate of drug-likeness (QED) is 0.794. The third-order valence-electron chi connectivity index (χ3n) is 3.04. The Labute approximate surface area is 119 Å². The Morgan fingerprint density at radius 3 is 2.43 bits per heavy atom. The molecule has 118 valence electrons. The van der Waals surface area contributed by atoms with Gasteiger partial charge in [0.1, 0.15) is 6.04 Å². The van der Waals surface area contributed by atoms with Crippen molar-refractivity contribution >= 4 is 11.9 Å². The Bertz CT molecular complexity index is 523. The number of halogens is 3. The lowest BCUT2D eigenvalue weighted by Gasteiger charge is -2.13. The van der Waals surface area contributed by atoms with Gasteiger partial charge in [-0.15, -0.1) is 0 Å². The summed E-state index contributed by atoms with van der Waals surface area (Å²) in [5.74, 6) is -2.14. The zero-order chi connectivity index (χ0) is 16.2. The van der Waals surface area contributed by atoms with Crippen molar-refractivity contribution in [2.45, 2.75) is 38.9 Å². The first-order chi connectivity index (χ1) is 9.68. The van der Waals surface area contributed by atoms with Crippen LogP contribution in [-0.4, -0.2) is 28.1 Å². The highest BCUT2D eigenvalue weighted by Gasteiger charge is 2.37. The van der Waals surface area contributed by atoms with Crippen LogP contribution in [0.5, 0.6) is 0 Å². The molecule has 0 aliphatic carbocycles. The maximum Gasteiger partial charge on any atom is 0.418 e. The number of rotatable bonds is 6. The Hall–Kier alpha value is -1.99. The van der Waals surface area contributed by atoms with Crippen molar-refractivity contribution in [2.24, 2.45) is 0 Å². The number of carboxylic acid groups (broad SMARTS) is 1. The fourth-order valence-corrected chi connectivity index (χ4v) is 1.77. The average Bonchev–Trinajstić information content (AvgIpc) is 2.83. The van der Waals surface area contributed by atoms with E-state index in [-0.39, 0.29) is 0 Å². The molecule has 0 radical (unpaired) electrons. The van der Waals surface area contributed by atoms with Gasteiger partial charge in [-0.2, -0.15) is 13.2 Å². The van der Waals surface area contributed by atoms with Crippen LogP contribution in [-0.2, 0) is 11.0 Å². The maximum atomic E-state index is 12.8. The third-order valence-corrected chi connectivity index (χ3v) is 3.04. The minimum atomic E-state index is -4.78. The van der Waals surface area contributed by atoms with Gasteiger partial charge in [0.15, 0.2) is 0 Å². The monoisotopic (exact) mass is 306 g/mol. The lowest BCUT2D eigenvalue weighted by molar-refractivity contribution is -0.138. The summed E-state index contributed by atoms with van der Waals surface area (Å²) in [5.41, 5.74) is -2.13. The molecule has 0 fully saturated rings. The molecule has 0 aliphatic heterocycles. The summed E-state index contributed by atoms with van der Waals surface area (Å²) in [7, 11) is 0. The Morgan fingerprint density at radius 2 is 2.00 bits per heavy atom. The largest absolute Gasteiger partial charge is 0.478 e. The van der Waals surface area contributed by atoms with Crippen molar-refractivity contribution in [3.05, 3.63) is 23.5 Å². The molecule has 0 aromatic carbocycles. The molecule has 1 aromatic rings. The Balaban J connectivity index is 2.98. The summed E-state index contributed by atoms with van der Waals surface area (Å²) in [5, 5.41) is 11.4. The molecule has 1 amide bonds. The van der Waals surface area contributed by atoms with Gasteiger partial charge in [0, 0.05) is 18.9 Å². The molecule has 0 bridgehead atoms. The second-order valence-electron chi connectivity index (χ2n) is 4.66. The minimum Gasteiger partial charge on any atom is -0.478 e. The molecule has 0 aliphatic rings. The van der Waals surface area contributed by atoms with Gasteiger partial charge in [0.05, 0.1) is 11.1 Å². The molecule has 1 aromatic heterocycles. The summed E-state index contributed by atoms with van der Waals surface area (Å²) >= 11 is 0. The fourth-order valence-electron chi connectivity index (χ4n) is 1.77. The van der Waals surface area contributed by atoms with Crippen molar-refractivity contribution in [1.29, 1.82) is 0 Å². The van der Waals surface area contributed by atoms with Gasteiger partial charge < -0.3 is 15.0 Å². The van der Waals surface area contributed by atoms with Crippen molar-refractivity contribution in [3.63, 3.8) is 0 Å². The molecule has 21 heavy (non-hydrogen) atoms. The number of nitrogens with zero attached hydrogens (tertiary/aromatic N) is 1. The number of carbonyl (C=O) groups excluding carboxylic acids is 1. The van der Waals surface area contributed by atoms with Gasteiger partial charge in [-0.05, 0) is 13.3 Å². The molecule has 2 N–H and O–H groups in total. The molecule has 8 heteroatoms. The van der Waals surface area contributed by atoms with Gasteiger partial charge in [-0.25, -0.2) is 4.79 Å². The lowest BCUT2D eigenvalue weighted by atomic mass is 10.2. The molecule has 1 rings (SSSR count). The fraction of sp³-hybridized carbons (Fsp3) is 0.538. The summed E-state index contributed by atoms with van der Waals surface area (Å²) in [6, 6.07) is -0.920. The molecule has 0 saturated heterocycles. The van der Waals surface area contributed by atoms with Gasteiger partial charge in [0.25, 0.3) is 0 Å². The number of alkyl halides is 3. The standard InChI is InChI=1S/C13H17F3N2O3/c1-3-4-5-17-11(19)8(2)18-6-9(12(20)21)10(7-18)13(14,15)16/h6-8H,3-5H2,1-2H3,(H,17,19)(H,20,21). The number of hydrogen-bond donors (Lipinski definition) is 2. The van der Waals surface area contributed by atoms with E-state index in [1.165, 1.54) is 6.92 Å². The summed E-state index contributed by atoms with van der Waals surface area (Å²) in [6.07, 6.45) is -1.67. The van der Waals surface area contributed by atoms with Crippen LogP contribution in [0.25, 0.3) is 0 Å². The smallest absolute Gasteiger partial charge is 0.418 e. The average molecular weight is 306 g/mol. The van der Waals surface area contributed by atoms with Crippen LogP contribution in [0.4, 0.5) is 13.2 Å². The predicted octanol–water partition coefficient (Wildman–Crippen LogP) is 2.68. The number of aromatic carboxylic acids is 1. The van der Waals surface area contributed by atoms with Crippen LogP contribution < -0.4 is 5.32 Å². The number of amides is 1. The number of hydrogen-bond acceptors (Lipinski definition) is 2. The molecule has 1 heterocycles. The van der Waals surface area contributed by atoms with E-state index >= 15 is 0 Å². The second kappa shape index (κ2) is 6.64. The van der Waals surface area contributed by atoms with E-state index in [1.54, 1.807) is 0 Å². The highest BCUT2D eigenvalue weighted by molar-refractivity contribution is 5.90. The SMILES string of the molecule is CCCCNC(=O)C(C)n1cc(C(=O)O)c(C(F)(F)F)c1.